The topological polar surface area (TPSA) is 54.9 Å². The normalized spacial score (nSPS) is 17.0. The van der Waals surface area contributed by atoms with E-state index in [1.54, 1.807) is 7.11 Å². The summed E-state index contributed by atoms with van der Waals surface area (Å²) in [6, 6.07) is 5.85. The van der Waals surface area contributed by atoms with Crippen LogP contribution in [0.1, 0.15) is 32.6 Å². The van der Waals surface area contributed by atoms with Crippen molar-refractivity contribution in [3.05, 3.63) is 18.2 Å². The Morgan fingerprint density at radius 2 is 1.88 bits per heavy atom. The van der Waals surface area contributed by atoms with E-state index in [1.807, 2.05) is 32.2 Å². The average molecular weight is 459 g/mol. The van der Waals surface area contributed by atoms with E-state index in [-0.39, 0.29) is 24.0 Å². The minimum absolute atomic E-state index is 0. The summed E-state index contributed by atoms with van der Waals surface area (Å²) in [5, 5.41) is 6.86. The highest BCUT2D eigenvalue weighted by Crippen LogP contribution is 2.48. The molecule has 0 spiro atoms. The molecule has 5 nitrogen and oxygen atoms in total. The van der Waals surface area contributed by atoms with Crippen molar-refractivity contribution in [3.63, 3.8) is 0 Å². The summed E-state index contributed by atoms with van der Waals surface area (Å²) in [7, 11) is 3.47. The van der Waals surface area contributed by atoms with Gasteiger partial charge >= 0.3 is 0 Å². The lowest BCUT2D eigenvalue weighted by atomic mass is 9.98. The van der Waals surface area contributed by atoms with Crippen LogP contribution in [0, 0.1) is 17.8 Å². The summed E-state index contributed by atoms with van der Waals surface area (Å²) >= 11 is 0. The van der Waals surface area contributed by atoms with E-state index >= 15 is 0 Å². The molecule has 0 aliphatic heterocycles. The Morgan fingerprint density at radius 1 is 1.20 bits per heavy atom. The van der Waals surface area contributed by atoms with Crippen molar-refractivity contribution < 1.29 is 9.47 Å². The van der Waals surface area contributed by atoms with Gasteiger partial charge in [-0.2, -0.15) is 0 Å². The number of ether oxygens (including phenoxy) is 2. The van der Waals surface area contributed by atoms with E-state index in [1.165, 1.54) is 25.7 Å². The number of anilines is 1. The number of methoxy groups -OCH3 is 1. The molecule has 140 valence electrons. The van der Waals surface area contributed by atoms with Crippen molar-refractivity contribution in [1.82, 2.24) is 5.32 Å². The second-order valence-corrected chi connectivity index (χ2v) is 6.72. The van der Waals surface area contributed by atoms with Crippen LogP contribution in [0.2, 0.25) is 0 Å². The van der Waals surface area contributed by atoms with Gasteiger partial charge in [0.15, 0.2) is 17.5 Å². The molecule has 1 aromatic rings. The van der Waals surface area contributed by atoms with E-state index in [9.17, 15) is 0 Å². The Morgan fingerprint density at radius 3 is 2.40 bits per heavy atom. The van der Waals surface area contributed by atoms with E-state index in [0.717, 1.165) is 47.4 Å². The molecule has 0 heterocycles. The van der Waals surface area contributed by atoms with Crippen molar-refractivity contribution in [2.75, 3.05) is 32.6 Å². The van der Waals surface area contributed by atoms with Gasteiger partial charge in [0, 0.05) is 25.3 Å². The summed E-state index contributed by atoms with van der Waals surface area (Å²) in [6.45, 7) is 3.59. The highest BCUT2D eigenvalue weighted by Gasteiger charge is 2.41. The Hall–Kier alpha value is -1.18. The van der Waals surface area contributed by atoms with Crippen LogP contribution in [0.5, 0.6) is 11.5 Å². The fourth-order valence-corrected chi connectivity index (χ4v) is 3.32. The van der Waals surface area contributed by atoms with Crippen molar-refractivity contribution in [2.45, 2.75) is 32.6 Å². The molecule has 0 bridgehead atoms. The summed E-state index contributed by atoms with van der Waals surface area (Å²) in [5.74, 6) is 5.00. The van der Waals surface area contributed by atoms with Crippen LogP contribution >= 0.6 is 24.0 Å². The monoisotopic (exact) mass is 459 g/mol. The van der Waals surface area contributed by atoms with Gasteiger partial charge in [0.2, 0.25) is 0 Å². The molecule has 0 radical (unpaired) electrons. The third kappa shape index (κ3) is 5.66. The predicted molar refractivity (Wildman–Crippen MR) is 114 cm³/mol. The van der Waals surface area contributed by atoms with Gasteiger partial charge in [-0.05, 0) is 62.5 Å². The largest absolute Gasteiger partial charge is 0.493 e. The van der Waals surface area contributed by atoms with E-state index in [2.05, 4.69) is 15.6 Å². The van der Waals surface area contributed by atoms with Gasteiger partial charge in [-0.25, -0.2) is 0 Å². The number of aliphatic imine (C=N–C) groups is 1. The summed E-state index contributed by atoms with van der Waals surface area (Å²) in [6.07, 6.45) is 5.63. The first-order valence-electron chi connectivity index (χ1n) is 9.03. The van der Waals surface area contributed by atoms with Crippen LogP contribution in [0.3, 0.4) is 0 Å². The predicted octanol–water partition coefficient (Wildman–Crippen LogP) is 4.14. The van der Waals surface area contributed by atoms with Gasteiger partial charge in [0.25, 0.3) is 0 Å². The number of halogens is 1. The van der Waals surface area contributed by atoms with E-state index in [0.29, 0.717) is 6.61 Å². The first-order valence-corrected chi connectivity index (χ1v) is 9.03. The maximum absolute atomic E-state index is 5.64. The fraction of sp³-hybridized carbons (Fsp3) is 0.632. The Bertz CT molecular complexity index is 574. The number of nitrogens with one attached hydrogen (secondary N) is 2. The van der Waals surface area contributed by atoms with Gasteiger partial charge in [-0.3, -0.25) is 4.99 Å². The first-order chi connectivity index (χ1) is 11.7. The SMILES string of the molecule is CCOc1cc(NC(=NC)NCC(C2CC2)C2CC2)ccc1OC.I. The van der Waals surface area contributed by atoms with Crippen molar-refractivity contribution >= 4 is 35.6 Å². The number of hydrogen-bond donors (Lipinski definition) is 2. The minimum atomic E-state index is 0. The molecule has 6 heteroatoms. The van der Waals surface area contributed by atoms with Gasteiger partial charge in [0.05, 0.1) is 13.7 Å². The zero-order chi connectivity index (χ0) is 16.9. The molecule has 0 amide bonds. The lowest BCUT2D eigenvalue weighted by Crippen LogP contribution is -2.35. The third-order valence-electron chi connectivity index (χ3n) is 4.91. The Labute approximate surface area is 168 Å². The molecule has 0 unspecified atom stereocenters. The average Bonchev–Trinajstić information content (AvgIpc) is 3.48. The second-order valence-electron chi connectivity index (χ2n) is 6.72. The smallest absolute Gasteiger partial charge is 0.195 e. The molecule has 2 aliphatic carbocycles. The molecular formula is C19H30IN3O2. The van der Waals surface area contributed by atoms with Crippen LogP contribution in [-0.2, 0) is 0 Å². The molecular weight excluding hydrogens is 429 g/mol. The van der Waals surface area contributed by atoms with Crippen LogP contribution in [-0.4, -0.2) is 33.3 Å². The number of rotatable bonds is 8. The van der Waals surface area contributed by atoms with Crippen LogP contribution < -0.4 is 20.1 Å². The standard InChI is InChI=1S/C19H29N3O2.HI/c1-4-24-18-11-15(9-10-17(18)23-3)22-19(20-2)21-12-16(13-5-6-13)14-7-8-14;/h9-11,13-14,16H,4-8,12H2,1-3H3,(H2,20,21,22);1H. The zero-order valence-electron chi connectivity index (χ0n) is 15.4. The molecule has 2 fully saturated rings. The second kappa shape index (κ2) is 9.50. The number of nitrogens with zero attached hydrogens (tertiary/aromatic N) is 1. The van der Waals surface area contributed by atoms with Crippen molar-refractivity contribution in [3.8, 4) is 11.5 Å². The van der Waals surface area contributed by atoms with Crippen LogP contribution in [0.4, 0.5) is 5.69 Å². The van der Waals surface area contributed by atoms with Gasteiger partial charge in [-0.1, -0.05) is 0 Å². The quantitative estimate of drug-likeness (QED) is 0.349. The zero-order valence-corrected chi connectivity index (χ0v) is 17.7. The molecule has 0 atom stereocenters. The van der Waals surface area contributed by atoms with Crippen LogP contribution in [0.15, 0.2) is 23.2 Å². The van der Waals surface area contributed by atoms with E-state index < -0.39 is 0 Å². The molecule has 0 saturated heterocycles. The molecule has 2 N–H and O–H groups in total. The molecule has 2 saturated carbocycles. The lowest BCUT2D eigenvalue weighted by molar-refractivity contribution is 0.311. The maximum Gasteiger partial charge on any atom is 0.195 e. The van der Waals surface area contributed by atoms with Gasteiger partial charge in [0.1, 0.15) is 0 Å². The molecule has 3 rings (SSSR count). The lowest BCUT2D eigenvalue weighted by Gasteiger charge is -2.19. The summed E-state index contributed by atoms with van der Waals surface area (Å²) in [5.41, 5.74) is 0.946. The Kier molecular flexibility index (Phi) is 7.65. The maximum atomic E-state index is 5.64. The minimum Gasteiger partial charge on any atom is -0.493 e. The number of hydrogen-bond acceptors (Lipinski definition) is 3. The summed E-state index contributed by atoms with van der Waals surface area (Å²) < 4.78 is 11.0. The van der Waals surface area contributed by atoms with Crippen molar-refractivity contribution in [1.29, 1.82) is 0 Å². The highest BCUT2D eigenvalue weighted by atomic mass is 127. The highest BCUT2D eigenvalue weighted by molar-refractivity contribution is 14.0. The molecule has 0 aromatic heterocycles. The fourth-order valence-electron chi connectivity index (χ4n) is 3.32. The third-order valence-corrected chi connectivity index (χ3v) is 4.91. The number of guanidine groups is 1. The Balaban J connectivity index is 0.00000225. The molecule has 1 aromatic carbocycles. The number of benzene rings is 1. The molecule has 2 aliphatic rings. The van der Waals surface area contributed by atoms with Gasteiger partial charge in [-0.15, -0.1) is 24.0 Å². The van der Waals surface area contributed by atoms with Gasteiger partial charge < -0.3 is 20.1 Å². The first kappa shape index (κ1) is 20.1. The van der Waals surface area contributed by atoms with Crippen molar-refractivity contribution in [2.24, 2.45) is 22.7 Å². The summed E-state index contributed by atoms with van der Waals surface area (Å²) in [4.78, 5) is 4.36. The molecule has 25 heavy (non-hydrogen) atoms. The van der Waals surface area contributed by atoms with E-state index in [4.69, 9.17) is 9.47 Å². The van der Waals surface area contributed by atoms with Crippen LogP contribution in [0.25, 0.3) is 0 Å².